The highest BCUT2D eigenvalue weighted by Crippen LogP contribution is 2.57. The zero-order chi connectivity index (χ0) is 15.7. The average Bonchev–Trinajstić information content (AvgIpc) is 2.45. The van der Waals surface area contributed by atoms with E-state index in [2.05, 4.69) is 0 Å². The van der Waals surface area contributed by atoms with Crippen molar-refractivity contribution in [2.75, 3.05) is 13.2 Å². The summed E-state index contributed by atoms with van der Waals surface area (Å²) in [6.07, 6.45) is 6.20. The van der Waals surface area contributed by atoms with Crippen LogP contribution in [0.1, 0.15) is 52.4 Å². The normalized spacial score (nSPS) is 32.0. The molecule has 0 heterocycles. The third-order valence-electron chi connectivity index (χ3n) is 5.51. The fourth-order valence-electron chi connectivity index (χ4n) is 5.05. The largest absolute Gasteiger partial charge is 0.466 e. The summed E-state index contributed by atoms with van der Waals surface area (Å²) >= 11 is 0. The van der Waals surface area contributed by atoms with Crippen molar-refractivity contribution >= 4 is 11.9 Å². The molecule has 4 aliphatic rings. The summed E-state index contributed by atoms with van der Waals surface area (Å²) in [6.45, 7) is 4.29. The molecule has 22 heavy (non-hydrogen) atoms. The first-order valence-electron chi connectivity index (χ1n) is 8.68. The summed E-state index contributed by atoms with van der Waals surface area (Å²) in [6, 6.07) is 0. The molecule has 0 atom stereocenters. The van der Waals surface area contributed by atoms with E-state index in [-0.39, 0.29) is 18.4 Å². The van der Waals surface area contributed by atoms with Crippen LogP contribution in [0.25, 0.3) is 0 Å². The maximum atomic E-state index is 12.4. The summed E-state index contributed by atoms with van der Waals surface area (Å²) < 4.78 is 10.3. The molecule has 4 fully saturated rings. The highest BCUT2D eigenvalue weighted by atomic mass is 16.5. The van der Waals surface area contributed by atoms with Crippen molar-refractivity contribution in [3.05, 3.63) is 11.1 Å². The van der Waals surface area contributed by atoms with Gasteiger partial charge in [0.25, 0.3) is 0 Å². The van der Waals surface area contributed by atoms with Gasteiger partial charge in [0.2, 0.25) is 0 Å². The molecule has 0 saturated heterocycles. The van der Waals surface area contributed by atoms with Gasteiger partial charge in [-0.05, 0) is 69.6 Å². The molecular formula is C18H26O4. The predicted octanol–water partition coefficient (Wildman–Crippen LogP) is 3.26. The second-order valence-electron chi connectivity index (χ2n) is 6.94. The minimum atomic E-state index is -0.313. The topological polar surface area (TPSA) is 52.6 Å². The fraction of sp³-hybridized carbons (Fsp3) is 0.778. The Hall–Kier alpha value is -1.32. The number of hydrogen-bond acceptors (Lipinski definition) is 4. The number of ether oxygens (including phenoxy) is 2. The Balaban J connectivity index is 1.89. The van der Waals surface area contributed by atoms with Crippen LogP contribution >= 0.6 is 0 Å². The molecule has 4 rings (SSSR count). The van der Waals surface area contributed by atoms with Gasteiger partial charge in [-0.15, -0.1) is 0 Å². The third kappa shape index (κ3) is 2.92. The van der Waals surface area contributed by atoms with Gasteiger partial charge in [0.15, 0.2) is 0 Å². The van der Waals surface area contributed by atoms with E-state index >= 15 is 0 Å². The molecular weight excluding hydrogens is 280 g/mol. The Bertz CT molecular complexity index is 461. The van der Waals surface area contributed by atoms with Crippen molar-refractivity contribution in [3.63, 3.8) is 0 Å². The minimum absolute atomic E-state index is 0.0737. The lowest BCUT2D eigenvalue weighted by atomic mass is 9.53. The van der Waals surface area contributed by atoms with Crippen molar-refractivity contribution in [2.45, 2.75) is 52.4 Å². The second-order valence-corrected chi connectivity index (χ2v) is 6.94. The molecule has 0 aromatic rings. The molecule has 122 valence electrons. The smallest absolute Gasteiger partial charge is 0.334 e. The Morgan fingerprint density at radius 3 is 1.95 bits per heavy atom. The van der Waals surface area contributed by atoms with Gasteiger partial charge >= 0.3 is 11.9 Å². The van der Waals surface area contributed by atoms with E-state index in [0.717, 1.165) is 11.8 Å². The van der Waals surface area contributed by atoms with Crippen molar-refractivity contribution in [2.24, 2.45) is 23.7 Å². The maximum Gasteiger partial charge on any atom is 0.334 e. The quantitative estimate of drug-likeness (QED) is 0.578. The number of hydrogen-bond donors (Lipinski definition) is 0. The van der Waals surface area contributed by atoms with E-state index in [9.17, 15) is 9.59 Å². The van der Waals surface area contributed by atoms with E-state index < -0.39 is 0 Å². The molecule has 4 heteroatoms. The van der Waals surface area contributed by atoms with Gasteiger partial charge in [-0.1, -0.05) is 5.57 Å². The van der Waals surface area contributed by atoms with Crippen LogP contribution in [0.3, 0.4) is 0 Å². The summed E-state index contributed by atoms with van der Waals surface area (Å²) in [7, 11) is 0. The lowest BCUT2D eigenvalue weighted by Gasteiger charge is -2.52. The van der Waals surface area contributed by atoms with Gasteiger partial charge in [0.05, 0.1) is 19.6 Å². The molecule has 0 N–H and O–H groups in total. The van der Waals surface area contributed by atoms with Crippen LogP contribution in [-0.2, 0) is 19.1 Å². The Morgan fingerprint density at radius 2 is 1.45 bits per heavy atom. The van der Waals surface area contributed by atoms with Gasteiger partial charge in [0, 0.05) is 5.57 Å². The molecule has 0 aromatic heterocycles. The van der Waals surface area contributed by atoms with Crippen LogP contribution in [0.15, 0.2) is 11.1 Å². The highest BCUT2D eigenvalue weighted by molar-refractivity contribution is 5.95. The minimum Gasteiger partial charge on any atom is -0.466 e. The Morgan fingerprint density at radius 1 is 0.909 bits per heavy atom. The predicted molar refractivity (Wildman–Crippen MR) is 82.0 cm³/mol. The highest BCUT2D eigenvalue weighted by Gasteiger charge is 2.47. The van der Waals surface area contributed by atoms with E-state index in [1.807, 2.05) is 0 Å². The molecule has 0 aromatic carbocycles. The zero-order valence-electron chi connectivity index (χ0n) is 13.6. The number of allylic oxidation sites excluding steroid dienone is 1. The third-order valence-corrected chi connectivity index (χ3v) is 5.51. The van der Waals surface area contributed by atoms with Crippen molar-refractivity contribution in [1.82, 2.24) is 0 Å². The van der Waals surface area contributed by atoms with Crippen LogP contribution < -0.4 is 0 Å². The first-order chi connectivity index (χ1) is 10.6. The standard InChI is InChI=1S/C18H26O4/c1-3-21-16(19)10-15(18(20)22-4-2)17-13-6-11-5-12(8-13)9-14(17)7-11/h11-14H,3-10H2,1-2H3. The molecule has 0 spiro atoms. The number of carbonyl (C=O) groups is 2. The Kier molecular flexibility index (Phi) is 4.55. The molecule has 0 amide bonds. The lowest BCUT2D eigenvalue weighted by Crippen LogP contribution is -2.41. The van der Waals surface area contributed by atoms with Gasteiger partial charge < -0.3 is 9.47 Å². The van der Waals surface area contributed by atoms with Gasteiger partial charge in [0.1, 0.15) is 0 Å². The van der Waals surface area contributed by atoms with Crippen molar-refractivity contribution in [3.8, 4) is 0 Å². The van der Waals surface area contributed by atoms with E-state index in [0.29, 0.717) is 30.6 Å². The number of rotatable bonds is 5. The van der Waals surface area contributed by atoms with E-state index in [1.165, 1.54) is 37.7 Å². The summed E-state index contributed by atoms with van der Waals surface area (Å²) in [5.74, 6) is 2.02. The first kappa shape index (κ1) is 15.6. The molecule has 0 unspecified atom stereocenters. The lowest BCUT2D eigenvalue weighted by molar-refractivity contribution is -0.146. The molecule has 0 aliphatic heterocycles. The fourth-order valence-corrected chi connectivity index (χ4v) is 5.05. The monoisotopic (exact) mass is 306 g/mol. The molecule has 0 radical (unpaired) electrons. The summed E-state index contributed by atoms with van der Waals surface area (Å²) in [4.78, 5) is 24.4. The van der Waals surface area contributed by atoms with Gasteiger partial charge in [-0.25, -0.2) is 4.79 Å². The zero-order valence-corrected chi connectivity index (χ0v) is 13.6. The van der Waals surface area contributed by atoms with E-state index in [1.54, 1.807) is 13.8 Å². The SMILES string of the molecule is CCOC(=O)CC(C(=O)OCC)=C1C2CC3CC(C2)CC1C3. The van der Waals surface area contributed by atoms with Crippen LogP contribution in [0.5, 0.6) is 0 Å². The van der Waals surface area contributed by atoms with Gasteiger partial charge in [-0.2, -0.15) is 0 Å². The van der Waals surface area contributed by atoms with E-state index in [4.69, 9.17) is 9.47 Å². The molecule has 4 bridgehead atoms. The molecule has 4 nitrogen and oxygen atoms in total. The van der Waals surface area contributed by atoms with Crippen molar-refractivity contribution in [1.29, 1.82) is 0 Å². The van der Waals surface area contributed by atoms with Crippen LogP contribution in [0.2, 0.25) is 0 Å². The van der Waals surface area contributed by atoms with Crippen molar-refractivity contribution < 1.29 is 19.1 Å². The molecule has 4 aliphatic carbocycles. The number of carbonyl (C=O) groups excluding carboxylic acids is 2. The van der Waals surface area contributed by atoms with Crippen LogP contribution in [0, 0.1) is 23.7 Å². The Labute approximate surface area is 132 Å². The molecule has 4 saturated carbocycles. The van der Waals surface area contributed by atoms with Crippen LogP contribution in [-0.4, -0.2) is 25.2 Å². The average molecular weight is 306 g/mol. The maximum absolute atomic E-state index is 12.4. The summed E-state index contributed by atoms with van der Waals surface area (Å²) in [5.41, 5.74) is 1.84. The first-order valence-corrected chi connectivity index (χ1v) is 8.68. The van der Waals surface area contributed by atoms with Gasteiger partial charge in [-0.3, -0.25) is 4.79 Å². The summed E-state index contributed by atoms with van der Waals surface area (Å²) in [5, 5.41) is 0. The van der Waals surface area contributed by atoms with Crippen LogP contribution in [0.4, 0.5) is 0 Å². The number of esters is 2. The second kappa shape index (κ2) is 6.43.